The zero-order valence-corrected chi connectivity index (χ0v) is 11.7. The maximum atomic E-state index is 12.2. The molecule has 1 aliphatic rings. The molecular weight excluding hydrogens is 256 g/mol. The molecule has 5 nitrogen and oxygen atoms in total. The minimum Gasteiger partial charge on any atom is -0.324 e. The highest BCUT2D eigenvalue weighted by Crippen LogP contribution is 2.19. The Morgan fingerprint density at radius 2 is 1.85 bits per heavy atom. The molecular formula is C15H18N2O3. The van der Waals surface area contributed by atoms with Crippen LogP contribution in [0.25, 0.3) is 0 Å². The van der Waals surface area contributed by atoms with Crippen molar-refractivity contribution in [2.75, 3.05) is 5.32 Å². The van der Waals surface area contributed by atoms with Crippen molar-refractivity contribution in [3.8, 4) is 0 Å². The summed E-state index contributed by atoms with van der Waals surface area (Å²) in [4.78, 5) is 36.5. The number of likely N-dealkylation sites (tertiary alicyclic amines) is 1. The Labute approximate surface area is 118 Å². The molecule has 1 fully saturated rings. The zero-order valence-electron chi connectivity index (χ0n) is 11.7. The van der Waals surface area contributed by atoms with E-state index in [1.54, 1.807) is 6.92 Å². The smallest absolute Gasteiger partial charge is 0.247 e. The summed E-state index contributed by atoms with van der Waals surface area (Å²) in [5, 5.41) is 2.79. The van der Waals surface area contributed by atoms with E-state index in [-0.39, 0.29) is 30.6 Å². The summed E-state index contributed by atoms with van der Waals surface area (Å²) in [6.07, 6.45) is 1.19. The lowest BCUT2D eigenvalue weighted by Gasteiger charge is -2.22. The fraction of sp³-hybridized carbons (Fsp3) is 0.400. The Bertz CT molecular complexity index is 538. The Hall–Kier alpha value is -2.17. The number of imide groups is 1. The maximum Gasteiger partial charge on any atom is 0.247 e. The van der Waals surface area contributed by atoms with Gasteiger partial charge in [-0.25, -0.2) is 0 Å². The number of carbonyl (C=O) groups excluding carboxylic acids is 3. The Kier molecular flexibility index (Phi) is 4.17. The molecule has 3 amide bonds. The van der Waals surface area contributed by atoms with Gasteiger partial charge in [0.1, 0.15) is 6.04 Å². The fourth-order valence-corrected chi connectivity index (χ4v) is 2.33. The number of aryl methyl sites for hydroxylation is 1. The number of benzene rings is 1. The van der Waals surface area contributed by atoms with Crippen LogP contribution in [0.5, 0.6) is 0 Å². The Morgan fingerprint density at radius 3 is 2.45 bits per heavy atom. The van der Waals surface area contributed by atoms with E-state index in [0.717, 1.165) is 22.6 Å². The van der Waals surface area contributed by atoms with E-state index in [1.807, 2.05) is 31.2 Å². The van der Waals surface area contributed by atoms with Crippen molar-refractivity contribution < 1.29 is 14.4 Å². The molecule has 0 radical (unpaired) electrons. The number of para-hydroxylation sites is 1. The van der Waals surface area contributed by atoms with Crippen molar-refractivity contribution in [2.45, 2.75) is 39.2 Å². The predicted molar refractivity (Wildman–Crippen MR) is 75.0 cm³/mol. The number of amides is 3. The molecule has 0 bridgehead atoms. The summed E-state index contributed by atoms with van der Waals surface area (Å²) in [7, 11) is 0. The molecule has 20 heavy (non-hydrogen) atoms. The van der Waals surface area contributed by atoms with Gasteiger partial charge >= 0.3 is 0 Å². The number of anilines is 1. The number of hydrogen-bond acceptors (Lipinski definition) is 3. The number of nitrogens with one attached hydrogen (secondary N) is 1. The summed E-state index contributed by atoms with van der Waals surface area (Å²) >= 11 is 0. The summed E-state index contributed by atoms with van der Waals surface area (Å²) in [6, 6.07) is 6.73. The third kappa shape index (κ3) is 2.71. The second kappa shape index (κ2) is 5.86. The number of hydrogen-bond donors (Lipinski definition) is 1. The number of carbonyl (C=O) groups is 3. The molecule has 2 rings (SSSR count). The molecule has 1 aromatic carbocycles. The second-order valence-corrected chi connectivity index (χ2v) is 4.83. The highest BCUT2D eigenvalue weighted by atomic mass is 16.2. The van der Waals surface area contributed by atoms with E-state index in [4.69, 9.17) is 0 Å². The van der Waals surface area contributed by atoms with Crippen LogP contribution in [0.3, 0.4) is 0 Å². The van der Waals surface area contributed by atoms with Gasteiger partial charge in [0, 0.05) is 18.5 Å². The molecule has 5 heteroatoms. The van der Waals surface area contributed by atoms with Crippen LogP contribution in [-0.2, 0) is 20.8 Å². The van der Waals surface area contributed by atoms with Gasteiger partial charge in [-0.05, 0) is 25.0 Å². The van der Waals surface area contributed by atoms with Crippen LogP contribution < -0.4 is 5.32 Å². The van der Waals surface area contributed by atoms with Gasteiger partial charge < -0.3 is 5.32 Å². The normalized spacial score (nSPS) is 16.4. The topological polar surface area (TPSA) is 66.5 Å². The zero-order chi connectivity index (χ0) is 14.7. The maximum absolute atomic E-state index is 12.2. The van der Waals surface area contributed by atoms with E-state index < -0.39 is 6.04 Å². The van der Waals surface area contributed by atoms with E-state index >= 15 is 0 Å². The number of rotatable bonds is 4. The lowest BCUT2D eigenvalue weighted by Crippen LogP contribution is -2.45. The van der Waals surface area contributed by atoms with Crippen molar-refractivity contribution in [1.82, 2.24) is 4.90 Å². The van der Waals surface area contributed by atoms with Gasteiger partial charge in [0.15, 0.2) is 0 Å². The van der Waals surface area contributed by atoms with Gasteiger partial charge in [-0.1, -0.05) is 25.1 Å². The van der Waals surface area contributed by atoms with Crippen LogP contribution in [0.15, 0.2) is 24.3 Å². The van der Waals surface area contributed by atoms with Gasteiger partial charge in [-0.2, -0.15) is 0 Å². The van der Waals surface area contributed by atoms with Crippen molar-refractivity contribution in [3.63, 3.8) is 0 Å². The van der Waals surface area contributed by atoms with Crippen LogP contribution in [0.2, 0.25) is 0 Å². The second-order valence-electron chi connectivity index (χ2n) is 4.83. The fourth-order valence-electron chi connectivity index (χ4n) is 2.33. The first-order valence-electron chi connectivity index (χ1n) is 6.78. The molecule has 1 aliphatic heterocycles. The highest BCUT2D eigenvalue weighted by molar-refractivity contribution is 6.07. The summed E-state index contributed by atoms with van der Waals surface area (Å²) in [5.74, 6) is -0.891. The molecule has 1 N–H and O–H groups in total. The average molecular weight is 274 g/mol. The third-order valence-corrected chi connectivity index (χ3v) is 3.51. The molecule has 106 valence electrons. The van der Waals surface area contributed by atoms with Crippen LogP contribution in [-0.4, -0.2) is 28.7 Å². The lowest BCUT2D eigenvalue weighted by atomic mass is 10.1. The van der Waals surface area contributed by atoms with Crippen molar-refractivity contribution in [3.05, 3.63) is 29.8 Å². The predicted octanol–water partition coefficient (Wildman–Crippen LogP) is 1.72. The van der Waals surface area contributed by atoms with E-state index in [1.165, 1.54) is 0 Å². The molecule has 1 saturated heterocycles. The lowest BCUT2D eigenvalue weighted by molar-refractivity contribution is -0.144. The molecule has 0 aromatic heterocycles. The molecule has 1 heterocycles. The van der Waals surface area contributed by atoms with Crippen LogP contribution in [0.4, 0.5) is 5.69 Å². The standard InChI is InChI=1S/C15H18N2O3/c1-3-11-6-4-5-7-12(11)16-15(20)10(2)17-13(18)8-9-14(17)19/h4-7,10H,3,8-9H2,1-2H3,(H,16,20)/t10-/m1/s1. The molecule has 1 aromatic rings. The van der Waals surface area contributed by atoms with Crippen molar-refractivity contribution in [1.29, 1.82) is 0 Å². The largest absolute Gasteiger partial charge is 0.324 e. The minimum absolute atomic E-state index is 0.196. The van der Waals surface area contributed by atoms with Crippen molar-refractivity contribution in [2.24, 2.45) is 0 Å². The Balaban J connectivity index is 2.12. The first-order valence-corrected chi connectivity index (χ1v) is 6.78. The van der Waals surface area contributed by atoms with E-state index in [0.29, 0.717) is 0 Å². The molecule has 1 atom stereocenters. The minimum atomic E-state index is -0.776. The first-order chi connectivity index (χ1) is 9.54. The summed E-state index contributed by atoms with van der Waals surface area (Å²) in [6.45, 7) is 3.58. The quantitative estimate of drug-likeness (QED) is 0.850. The highest BCUT2D eigenvalue weighted by Gasteiger charge is 2.36. The first kappa shape index (κ1) is 14.2. The van der Waals surface area contributed by atoms with E-state index in [9.17, 15) is 14.4 Å². The monoisotopic (exact) mass is 274 g/mol. The van der Waals surface area contributed by atoms with Gasteiger partial charge in [-0.15, -0.1) is 0 Å². The summed E-state index contributed by atoms with van der Waals surface area (Å²) < 4.78 is 0. The van der Waals surface area contributed by atoms with Gasteiger partial charge in [-0.3, -0.25) is 19.3 Å². The van der Waals surface area contributed by atoms with Crippen LogP contribution >= 0.6 is 0 Å². The third-order valence-electron chi connectivity index (χ3n) is 3.51. The molecule has 0 unspecified atom stereocenters. The number of nitrogens with zero attached hydrogens (tertiary/aromatic N) is 1. The Morgan fingerprint density at radius 1 is 1.25 bits per heavy atom. The summed E-state index contributed by atoms with van der Waals surface area (Å²) in [5.41, 5.74) is 1.75. The SMILES string of the molecule is CCc1ccccc1NC(=O)[C@@H](C)N1C(=O)CCC1=O. The van der Waals surface area contributed by atoms with Crippen LogP contribution in [0.1, 0.15) is 32.3 Å². The average Bonchev–Trinajstić information content (AvgIpc) is 2.78. The van der Waals surface area contributed by atoms with Gasteiger partial charge in [0.05, 0.1) is 0 Å². The van der Waals surface area contributed by atoms with Crippen LogP contribution in [0, 0.1) is 0 Å². The van der Waals surface area contributed by atoms with E-state index in [2.05, 4.69) is 5.32 Å². The van der Waals surface area contributed by atoms with Gasteiger partial charge in [0.2, 0.25) is 17.7 Å². The molecule has 0 aliphatic carbocycles. The van der Waals surface area contributed by atoms with Gasteiger partial charge in [0.25, 0.3) is 0 Å². The van der Waals surface area contributed by atoms with Crippen molar-refractivity contribution >= 4 is 23.4 Å². The molecule has 0 spiro atoms. The molecule has 0 saturated carbocycles.